The summed E-state index contributed by atoms with van der Waals surface area (Å²) in [5.41, 5.74) is 3.52. The van der Waals surface area contributed by atoms with E-state index in [1.165, 1.54) is 0 Å². The molecule has 1 atom stereocenters. The maximum atomic E-state index is 13.5. The van der Waals surface area contributed by atoms with Gasteiger partial charge in [-0.25, -0.2) is 0 Å². The van der Waals surface area contributed by atoms with Crippen LogP contribution < -0.4 is 10.2 Å². The van der Waals surface area contributed by atoms with Crippen LogP contribution in [0, 0.1) is 18.3 Å². The Labute approximate surface area is 216 Å². The van der Waals surface area contributed by atoms with Gasteiger partial charge in [0.1, 0.15) is 6.04 Å². The summed E-state index contributed by atoms with van der Waals surface area (Å²) >= 11 is 0. The molecule has 3 rings (SSSR count). The van der Waals surface area contributed by atoms with E-state index >= 15 is 0 Å². The van der Waals surface area contributed by atoms with Crippen LogP contribution >= 0.6 is 0 Å². The molecular weight excluding hydrogens is 448 g/mol. The molecule has 2 aromatic carbocycles. The lowest BCUT2D eigenvalue weighted by atomic mass is 10.0. The number of piperazine rings is 1. The third-order valence-electron chi connectivity index (χ3n) is 7.22. The minimum atomic E-state index is -0.289. The van der Waals surface area contributed by atoms with Crippen molar-refractivity contribution in [1.82, 2.24) is 9.80 Å². The Morgan fingerprint density at radius 2 is 1.61 bits per heavy atom. The molecule has 0 spiro atoms. The van der Waals surface area contributed by atoms with Gasteiger partial charge < -0.3 is 15.1 Å². The first-order valence-electron chi connectivity index (χ1n) is 13.2. The fourth-order valence-electron chi connectivity index (χ4n) is 4.98. The van der Waals surface area contributed by atoms with Gasteiger partial charge in [0.25, 0.3) is 0 Å². The lowest BCUT2D eigenvalue weighted by Gasteiger charge is -2.41. The maximum Gasteiger partial charge on any atom is 0.244 e. The first-order chi connectivity index (χ1) is 17.5. The number of hydrogen-bond donors (Lipinski definition) is 1. The number of terminal acetylenes is 1. The fraction of sp³-hybridized carbons (Fsp3) is 0.467. The molecule has 0 aliphatic carbocycles. The molecule has 1 aliphatic rings. The lowest BCUT2D eigenvalue weighted by Crippen LogP contribution is -2.51. The molecule has 1 fully saturated rings. The highest BCUT2D eigenvalue weighted by Crippen LogP contribution is 2.29. The minimum absolute atomic E-state index is 0.00338. The third kappa shape index (κ3) is 6.27. The molecule has 1 N–H and O–H groups in total. The van der Waals surface area contributed by atoms with E-state index in [9.17, 15) is 9.59 Å². The average molecular weight is 489 g/mol. The van der Waals surface area contributed by atoms with Crippen molar-refractivity contribution in [3.8, 4) is 12.3 Å². The standard InChI is InChI=1S/C30H40N4O2/c1-6-23(7-2)29(35)31-26-16-17-27(24(8-3)22-26)33-18-20-34(21-19-33)28(25-14-12-11-13-15-25)30(36)32(9-4)10-5/h3,11-17,22-23,28H,6-7,9-10,18-21H2,1-2,4-5H3,(H,31,35). The van der Waals surface area contributed by atoms with Gasteiger partial charge in [-0.3, -0.25) is 14.5 Å². The second-order valence-corrected chi connectivity index (χ2v) is 9.23. The van der Waals surface area contributed by atoms with E-state index in [2.05, 4.69) is 21.0 Å². The Morgan fingerprint density at radius 3 is 2.17 bits per heavy atom. The van der Waals surface area contributed by atoms with Gasteiger partial charge in [-0.2, -0.15) is 0 Å². The van der Waals surface area contributed by atoms with Gasteiger partial charge in [0.2, 0.25) is 11.8 Å². The van der Waals surface area contributed by atoms with Crippen LogP contribution in [0.3, 0.4) is 0 Å². The smallest absolute Gasteiger partial charge is 0.244 e. The van der Waals surface area contributed by atoms with Crippen LogP contribution in [0.4, 0.5) is 11.4 Å². The molecule has 6 heteroatoms. The predicted molar refractivity (Wildman–Crippen MR) is 148 cm³/mol. The lowest BCUT2D eigenvalue weighted by molar-refractivity contribution is -0.137. The van der Waals surface area contributed by atoms with Crippen LogP contribution in [-0.2, 0) is 9.59 Å². The topological polar surface area (TPSA) is 55.9 Å². The van der Waals surface area contributed by atoms with Crippen molar-refractivity contribution >= 4 is 23.2 Å². The minimum Gasteiger partial charge on any atom is -0.368 e. The molecule has 1 saturated heterocycles. The third-order valence-corrected chi connectivity index (χ3v) is 7.22. The highest BCUT2D eigenvalue weighted by Gasteiger charge is 2.33. The summed E-state index contributed by atoms with van der Waals surface area (Å²) in [6, 6.07) is 15.6. The number of amides is 2. The van der Waals surface area contributed by atoms with Crippen molar-refractivity contribution in [1.29, 1.82) is 0 Å². The SMILES string of the molecule is C#Cc1cc(NC(=O)C(CC)CC)ccc1N1CCN(C(C(=O)N(CC)CC)c2ccccc2)CC1. The summed E-state index contributed by atoms with van der Waals surface area (Å²) in [5, 5.41) is 3.02. The maximum absolute atomic E-state index is 13.5. The number of anilines is 2. The molecule has 0 saturated carbocycles. The van der Waals surface area contributed by atoms with Crippen molar-refractivity contribution < 1.29 is 9.59 Å². The van der Waals surface area contributed by atoms with E-state index in [-0.39, 0.29) is 23.8 Å². The Morgan fingerprint density at radius 1 is 0.972 bits per heavy atom. The van der Waals surface area contributed by atoms with Crippen LogP contribution in [-0.4, -0.2) is 60.9 Å². The number of benzene rings is 2. The predicted octanol–water partition coefficient (Wildman–Crippen LogP) is 4.77. The van der Waals surface area contributed by atoms with Crippen molar-refractivity contribution in [2.75, 3.05) is 49.5 Å². The number of rotatable bonds is 10. The van der Waals surface area contributed by atoms with Gasteiger partial charge in [0, 0.05) is 56.4 Å². The molecule has 192 valence electrons. The van der Waals surface area contributed by atoms with Crippen molar-refractivity contribution in [3.63, 3.8) is 0 Å². The van der Waals surface area contributed by atoms with Gasteiger partial charge in [-0.1, -0.05) is 50.1 Å². The summed E-state index contributed by atoms with van der Waals surface area (Å²) in [5.74, 6) is 3.00. The fourth-order valence-corrected chi connectivity index (χ4v) is 4.98. The van der Waals surface area contributed by atoms with Gasteiger partial charge in [-0.15, -0.1) is 6.42 Å². The Balaban J connectivity index is 1.75. The molecule has 36 heavy (non-hydrogen) atoms. The largest absolute Gasteiger partial charge is 0.368 e. The van der Waals surface area contributed by atoms with Crippen LogP contribution in [0.25, 0.3) is 0 Å². The monoisotopic (exact) mass is 488 g/mol. The number of nitrogens with zero attached hydrogens (tertiary/aromatic N) is 3. The van der Waals surface area contributed by atoms with E-state index in [0.29, 0.717) is 13.1 Å². The molecule has 0 aromatic heterocycles. The summed E-state index contributed by atoms with van der Waals surface area (Å²) in [6.45, 7) is 12.6. The molecule has 2 amide bonds. The van der Waals surface area contributed by atoms with E-state index in [1.54, 1.807) is 0 Å². The summed E-state index contributed by atoms with van der Waals surface area (Å²) in [7, 11) is 0. The van der Waals surface area contributed by atoms with Crippen molar-refractivity contribution in [2.45, 2.75) is 46.6 Å². The number of nitrogens with one attached hydrogen (secondary N) is 1. The summed E-state index contributed by atoms with van der Waals surface area (Å²) in [6.07, 6.45) is 7.50. The molecular formula is C30H40N4O2. The second-order valence-electron chi connectivity index (χ2n) is 9.23. The molecule has 0 bridgehead atoms. The van der Waals surface area contributed by atoms with E-state index < -0.39 is 0 Å². The highest BCUT2D eigenvalue weighted by molar-refractivity contribution is 5.93. The number of carbonyl (C=O) groups excluding carboxylic acids is 2. The van der Waals surface area contributed by atoms with E-state index in [0.717, 1.165) is 61.5 Å². The first-order valence-corrected chi connectivity index (χ1v) is 13.2. The van der Waals surface area contributed by atoms with Gasteiger partial charge in [-0.05, 0) is 50.5 Å². The normalized spacial score (nSPS) is 14.8. The Kier molecular flexibility index (Phi) is 9.95. The average Bonchev–Trinajstić information content (AvgIpc) is 2.91. The summed E-state index contributed by atoms with van der Waals surface area (Å²) < 4.78 is 0. The van der Waals surface area contributed by atoms with Gasteiger partial charge in [0.15, 0.2) is 0 Å². The Bertz CT molecular complexity index is 1050. The van der Waals surface area contributed by atoms with E-state index in [1.807, 2.05) is 81.1 Å². The summed E-state index contributed by atoms with van der Waals surface area (Å²) in [4.78, 5) is 32.5. The molecule has 0 radical (unpaired) electrons. The molecule has 1 aliphatic heterocycles. The molecule has 6 nitrogen and oxygen atoms in total. The number of likely N-dealkylation sites (N-methyl/N-ethyl adjacent to an activating group) is 1. The molecule has 1 heterocycles. The molecule has 1 unspecified atom stereocenters. The van der Waals surface area contributed by atoms with Crippen LogP contribution in [0.2, 0.25) is 0 Å². The quantitative estimate of drug-likeness (QED) is 0.490. The first kappa shape index (κ1) is 27.3. The molecule has 2 aromatic rings. The zero-order valence-corrected chi connectivity index (χ0v) is 22.2. The van der Waals surface area contributed by atoms with Crippen molar-refractivity contribution in [3.05, 3.63) is 59.7 Å². The Hall–Kier alpha value is -3.30. The van der Waals surface area contributed by atoms with Crippen LogP contribution in [0.15, 0.2) is 48.5 Å². The van der Waals surface area contributed by atoms with Crippen LogP contribution in [0.1, 0.15) is 57.7 Å². The zero-order chi connectivity index (χ0) is 26.1. The van der Waals surface area contributed by atoms with Gasteiger partial charge in [0.05, 0.1) is 5.69 Å². The second kappa shape index (κ2) is 13.1. The highest BCUT2D eigenvalue weighted by atomic mass is 16.2. The zero-order valence-electron chi connectivity index (χ0n) is 22.2. The number of carbonyl (C=O) groups is 2. The van der Waals surface area contributed by atoms with E-state index in [4.69, 9.17) is 6.42 Å². The van der Waals surface area contributed by atoms with Gasteiger partial charge >= 0.3 is 0 Å². The van der Waals surface area contributed by atoms with Crippen LogP contribution in [0.5, 0.6) is 0 Å². The number of hydrogen-bond acceptors (Lipinski definition) is 4. The van der Waals surface area contributed by atoms with Crippen molar-refractivity contribution in [2.24, 2.45) is 5.92 Å².